The molecule has 6 nitrogen and oxygen atoms in total. The molecular formula is C18H26N2O4. The zero-order valence-corrected chi connectivity index (χ0v) is 14.3. The second-order valence-corrected chi connectivity index (χ2v) is 6.10. The Kier molecular flexibility index (Phi) is 7.21. The van der Waals surface area contributed by atoms with E-state index < -0.39 is 0 Å². The van der Waals surface area contributed by atoms with E-state index in [0.717, 1.165) is 19.3 Å². The third kappa shape index (κ3) is 5.94. The first-order valence-electron chi connectivity index (χ1n) is 8.48. The topological polar surface area (TPSA) is 76.7 Å². The van der Waals surface area contributed by atoms with E-state index in [0.29, 0.717) is 31.0 Å². The number of anilines is 1. The lowest BCUT2D eigenvalue weighted by Crippen LogP contribution is -2.27. The first-order chi connectivity index (χ1) is 11.6. The predicted octanol–water partition coefficient (Wildman–Crippen LogP) is 2.35. The van der Waals surface area contributed by atoms with E-state index in [9.17, 15) is 9.59 Å². The van der Waals surface area contributed by atoms with Gasteiger partial charge in [0, 0.05) is 31.0 Å². The van der Waals surface area contributed by atoms with Crippen molar-refractivity contribution in [1.82, 2.24) is 5.32 Å². The van der Waals surface area contributed by atoms with Gasteiger partial charge in [0.1, 0.15) is 6.10 Å². The van der Waals surface area contributed by atoms with Gasteiger partial charge in [-0.3, -0.25) is 9.59 Å². The number of amides is 2. The Morgan fingerprint density at radius 2 is 2.21 bits per heavy atom. The monoisotopic (exact) mass is 334 g/mol. The lowest BCUT2D eigenvalue weighted by atomic mass is 10.1. The van der Waals surface area contributed by atoms with Crippen LogP contribution in [-0.4, -0.2) is 43.8 Å². The first-order valence-corrected chi connectivity index (χ1v) is 8.48. The zero-order chi connectivity index (χ0) is 17.4. The number of carbonyl (C=O) groups is 2. The minimum Gasteiger partial charge on any atom is -0.379 e. The molecule has 24 heavy (non-hydrogen) atoms. The summed E-state index contributed by atoms with van der Waals surface area (Å²) >= 11 is 0. The molecule has 0 unspecified atom stereocenters. The van der Waals surface area contributed by atoms with Crippen LogP contribution < -0.4 is 10.6 Å². The van der Waals surface area contributed by atoms with E-state index in [1.807, 2.05) is 13.8 Å². The number of carbonyl (C=O) groups excluding carboxylic acids is 2. The van der Waals surface area contributed by atoms with Crippen LogP contribution in [0.4, 0.5) is 5.69 Å². The molecule has 1 saturated heterocycles. The van der Waals surface area contributed by atoms with Gasteiger partial charge in [0.25, 0.3) is 11.8 Å². The smallest absolute Gasteiger partial charge is 0.253 e. The highest BCUT2D eigenvalue weighted by Crippen LogP contribution is 2.16. The van der Waals surface area contributed by atoms with Crippen molar-refractivity contribution in [2.75, 3.05) is 25.1 Å². The molecule has 132 valence electrons. The maximum atomic E-state index is 12.1. The van der Waals surface area contributed by atoms with Gasteiger partial charge in [0.15, 0.2) is 0 Å². The Balaban J connectivity index is 1.80. The van der Waals surface area contributed by atoms with Gasteiger partial charge in [-0.05, 0) is 51.3 Å². The SMILES string of the molecule is CC(C)OCCCNC(=O)c1cccc(NC(=O)[C@H]2CCCO2)c1. The number of rotatable bonds is 8. The quantitative estimate of drug-likeness (QED) is 0.716. The molecule has 6 heteroatoms. The van der Waals surface area contributed by atoms with Crippen LogP contribution in [0, 0.1) is 0 Å². The molecule has 1 aliphatic rings. The minimum atomic E-state index is -0.386. The van der Waals surface area contributed by atoms with Gasteiger partial charge in [-0.2, -0.15) is 0 Å². The van der Waals surface area contributed by atoms with Gasteiger partial charge >= 0.3 is 0 Å². The molecule has 1 heterocycles. The van der Waals surface area contributed by atoms with Crippen molar-refractivity contribution in [2.45, 2.75) is 45.3 Å². The Morgan fingerprint density at radius 3 is 2.92 bits per heavy atom. The van der Waals surface area contributed by atoms with E-state index in [1.165, 1.54) is 0 Å². The molecule has 2 amide bonds. The molecule has 1 aromatic rings. The number of ether oxygens (including phenoxy) is 2. The summed E-state index contributed by atoms with van der Waals surface area (Å²) in [6, 6.07) is 6.91. The first kappa shape index (κ1) is 18.4. The molecule has 0 radical (unpaired) electrons. The average molecular weight is 334 g/mol. The fraction of sp³-hybridized carbons (Fsp3) is 0.556. The maximum absolute atomic E-state index is 12.1. The van der Waals surface area contributed by atoms with Crippen LogP contribution in [0.1, 0.15) is 43.5 Å². The second kappa shape index (κ2) is 9.39. The molecule has 0 spiro atoms. The molecule has 0 saturated carbocycles. The maximum Gasteiger partial charge on any atom is 0.253 e. The molecule has 0 aromatic heterocycles. The molecule has 2 rings (SSSR count). The van der Waals surface area contributed by atoms with Crippen LogP contribution in [0.2, 0.25) is 0 Å². The zero-order valence-electron chi connectivity index (χ0n) is 14.3. The van der Waals surface area contributed by atoms with Gasteiger partial charge in [-0.25, -0.2) is 0 Å². The molecule has 1 atom stereocenters. The van der Waals surface area contributed by atoms with Crippen LogP contribution in [-0.2, 0) is 14.3 Å². The average Bonchev–Trinajstić information content (AvgIpc) is 3.09. The number of nitrogens with one attached hydrogen (secondary N) is 2. The summed E-state index contributed by atoms with van der Waals surface area (Å²) in [6.07, 6.45) is 2.22. The van der Waals surface area contributed by atoms with Gasteiger partial charge in [0.2, 0.25) is 0 Å². The van der Waals surface area contributed by atoms with Gasteiger partial charge < -0.3 is 20.1 Å². The fourth-order valence-electron chi connectivity index (χ4n) is 2.44. The summed E-state index contributed by atoms with van der Waals surface area (Å²) in [6.45, 7) is 5.76. The predicted molar refractivity (Wildman–Crippen MR) is 92.1 cm³/mol. The standard InChI is InChI=1S/C18H26N2O4/c1-13(2)23-11-5-9-19-17(21)14-6-3-7-15(12-14)20-18(22)16-8-4-10-24-16/h3,6-7,12-13,16H,4-5,8-11H2,1-2H3,(H,19,21)(H,20,22)/t16-/m1/s1. The van der Waals surface area contributed by atoms with Crippen molar-refractivity contribution in [2.24, 2.45) is 0 Å². The summed E-state index contributed by atoms with van der Waals surface area (Å²) in [7, 11) is 0. The van der Waals surface area contributed by atoms with Crippen molar-refractivity contribution < 1.29 is 19.1 Å². The van der Waals surface area contributed by atoms with Crippen molar-refractivity contribution >= 4 is 17.5 Å². The lowest BCUT2D eigenvalue weighted by Gasteiger charge is -2.12. The van der Waals surface area contributed by atoms with E-state index in [-0.39, 0.29) is 24.0 Å². The Morgan fingerprint density at radius 1 is 1.38 bits per heavy atom. The van der Waals surface area contributed by atoms with E-state index in [4.69, 9.17) is 9.47 Å². The van der Waals surface area contributed by atoms with Crippen LogP contribution >= 0.6 is 0 Å². The van der Waals surface area contributed by atoms with Crippen molar-refractivity contribution in [3.63, 3.8) is 0 Å². The van der Waals surface area contributed by atoms with Gasteiger partial charge in [-0.15, -0.1) is 0 Å². The molecule has 1 aliphatic heterocycles. The van der Waals surface area contributed by atoms with Crippen molar-refractivity contribution in [3.05, 3.63) is 29.8 Å². The van der Waals surface area contributed by atoms with E-state index >= 15 is 0 Å². The van der Waals surface area contributed by atoms with E-state index in [2.05, 4.69) is 10.6 Å². The third-order valence-corrected chi connectivity index (χ3v) is 3.67. The van der Waals surface area contributed by atoms with E-state index in [1.54, 1.807) is 24.3 Å². The summed E-state index contributed by atoms with van der Waals surface area (Å²) in [5.41, 5.74) is 1.12. The highest BCUT2D eigenvalue weighted by Gasteiger charge is 2.23. The largest absolute Gasteiger partial charge is 0.379 e. The molecular weight excluding hydrogens is 308 g/mol. The van der Waals surface area contributed by atoms with Crippen LogP contribution in [0.25, 0.3) is 0 Å². The van der Waals surface area contributed by atoms with Gasteiger partial charge in [0.05, 0.1) is 6.10 Å². The number of benzene rings is 1. The normalized spacial score (nSPS) is 17.0. The Hall–Kier alpha value is -1.92. The van der Waals surface area contributed by atoms with Crippen molar-refractivity contribution in [3.8, 4) is 0 Å². The molecule has 2 N–H and O–H groups in total. The van der Waals surface area contributed by atoms with Crippen LogP contribution in [0.15, 0.2) is 24.3 Å². The minimum absolute atomic E-state index is 0.157. The summed E-state index contributed by atoms with van der Waals surface area (Å²) in [5, 5.41) is 5.66. The van der Waals surface area contributed by atoms with Crippen LogP contribution in [0.5, 0.6) is 0 Å². The Bertz CT molecular complexity index is 554. The highest BCUT2D eigenvalue weighted by atomic mass is 16.5. The third-order valence-electron chi connectivity index (χ3n) is 3.67. The highest BCUT2D eigenvalue weighted by molar-refractivity contribution is 5.98. The lowest BCUT2D eigenvalue weighted by molar-refractivity contribution is -0.124. The summed E-state index contributed by atoms with van der Waals surface area (Å²) < 4.78 is 10.8. The van der Waals surface area contributed by atoms with Crippen molar-refractivity contribution in [1.29, 1.82) is 0 Å². The fourth-order valence-corrected chi connectivity index (χ4v) is 2.44. The summed E-state index contributed by atoms with van der Waals surface area (Å²) in [5.74, 6) is -0.316. The van der Waals surface area contributed by atoms with Crippen LogP contribution in [0.3, 0.4) is 0 Å². The molecule has 1 fully saturated rings. The van der Waals surface area contributed by atoms with Gasteiger partial charge in [-0.1, -0.05) is 6.07 Å². The number of hydrogen-bond donors (Lipinski definition) is 2. The summed E-state index contributed by atoms with van der Waals surface area (Å²) in [4.78, 5) is 24.2. The second-order valence-electron chi connectivity index (χ2n) is 6.10. The molecule has 0 bridgehead atoms. The molecule has 0 aliphatic carbocycles. The Labute approximate surface area is 142 Å². The number of hydrogen-bond acceptors (Lipinski definition) is 4. The molecule has 1 aromatic carbocycles.